The van der Waals surface area contributed by atoms with E-state index in [2.05, 4.69) is 14.4 Å². The molecular weight excluding hydrogens is 612 g/mol. The number of aromatic nitrogens is 3. The zero-order chi connectivity index (χ0) is 30.4. The van der Waals surface area contributed by atoms with E-state index < -0.39 is 11.8 Å². The molecule has 0 radical (unpaired) electrons. The number of carbonyl (C=O) groups is 1. The van der Waals surface area contributed by atoms with Crippen molar-refractivity contribution in [2.24, 2.45) is 0 Å². The van der Waals surface area contributed by atoms with Crippen LogP contribution in [0.4, 0.5) is 10.2 Å². The average molecular weight is 643 g/mol. The number of piperazine rings is 1. The molecule has 7 rings (SSSR count). The third-order valence-corrected chi connectivity index (χ3v) is 9.09. The number of carboxylic acids is 1. The molecule has 3 fully saturated rings. The molecule has 0 aliphatic carbocycles. The van der Waals surface area contributed by atoms with Crippen molar-refractivity contribution < 1.29 is 28.5 Å². The number of anilines is 1. The van der Waals surface area contributed by atoms with Crippen LogP contribution in [0.25, 0.3) is 11.0 Å². The van der Waals surface area contributed by atoms with Crippen LogP contribution in [0, 0.1) is 5.82 Å². The van der Waals surface area contributed by atoms with E-state index >= 15 is 0 Å². The molecule has 2 aromatic carbocycles. The lowest BCUT2D eigenvalue weighted by atomic mass is 10.0. The van der Waals surface area contributed by atoms with Gasteiger partial charge in [-0.25, -0.2) is 14.2 Å². The summed E-state index contributed by atoms with van der Waals surface area (Å²) < 4.78 is 33.9. The van der Waals surface area contributed by atoms with Crippen molar-refractivity contribution in [2.45, 2.75) is 44.3 Å². The smallest absolute Gasteiger partial charge is 0.335 e. The second kappa shape index (κ2) is 12.1. The van der Waals surface area contributed by atoms with Gasteiger partial charge in [-0.1, -0.05) is 35.3 Å². The number of rotatable bonds is 9. The quantitative estimate of drug-likeness (QED) is 0.269. The number of hydrogen-bond donors (Lipinski definition) is 1. The van der Waals surface area contributed by atoms with E-state index in [0.29, 0.717) is 65.4 Å². The Balaban J connectivity index is 1.11. The summed E-state index contributed by atoms with van der Waals surface area (Å²) in [6, 6.07) is 13.3. The molecule has 0 amide bonds. The van der Waals surface area contributed by atoms with Crippen molar-refractivity contribution in [2.75, 3.05) is 37.8 Å². The van der Waals surface area contributed by atoms with Gasteiger partial charge in [-0.3, -0.25) is 4.90 Å². The van der Waals surface area contributed by atoms with Crippen molar-refractivity contribution in [3.63, 3.8) is 0 Å². The number of benzene rings is 2. The number of halogens is 3. The van der Waals surface area contributed by atoms with Crippen molar-refractivity contribution in [1.29, 1.82) is 0 Å². The summed E-state index contributed by atoms with van der Waals surface area (Å²) in [5.41, 5.74) is 1.80. The number of pyridine rings is 1. The molecule has 0 spiro atoms. The topological polar surface area (TPSA) is 102 Å². The van der Waals surface area contributed by atoms with Gasteiger partial charge >= 0.3 is 5.97 Å². The predicted molar refractivity (Wildman–Crippen MR) is 162 cm³/mol. The van der Waals surface area contributed by atoms with Crippen molar-refractivity contribution in [3.8, 4) is 5.88 Å². The Bertz CT molecular complexity index is 1720. The minimum atomic E-state index is -1.04. The van der Waals surface area contributed by atoms with E-state index in [0.717, 1.165) is 31.2 Å². The van der Waals surface area contributed by atoms with Gasteiger partial charge in [0.05, 0.1) is 60.6 Å². The molecule has 3 saturated heterocycles. The van der Waals surface area contributed by atoms with Gasteiger partial charge in [0.25, 0.3) is 0 Å². The van der Waals surface area contributed by atoms with E-state index in [1.807, 2.05) is 12.1 Å². The van der Waals surface area contributed by atoms with Crippen LogP contribution in [-0.2, 0) is 29.2 Å². The second-order valence-electron chi connectivity index (χ2n) is 11.2. The highest BCUT2D eigenvalue weighted by Gasteiger charge is 2.42. The average Bonchev–Trinajstić information content (AvgIpc) is 3.60. The second-order valence-corrected chi connectivity index (χ2v) is 12.1. The molecule has 4 aromatic rings. The summed E-state index contributed by atoms with van der Waals surface area (Å²) >= 11 is 12.4. The number of nitrogens with zero attached hydrogens (tertiary/aromatic N) is 5. The molecule has 0 bridgehead atoms. The van der Waals surface area contributed by atoms with Crippen LogP contribution in [0.2, 0.25) is 10.0 Å². The Kier molecular flexibility index (Phi) is 8.06. The third kappa shape index (κ3) is 5.70. The molecule has 2 aromatic heterocycles. The van der Waals surface area contributed by atoms with E-state index in [-0.39, 0.29) is 30.4 Å². The zero-order valence-electron chi connectivity index (χ0n) is 23.7. The lowest BCUT2D eigenvalue weighted by molar-refractivity contribution is -0.0592. The molecule has 44 heavy (non-hydrogen) atoms. The first kappa shape index (κ1) is 29.2. The van der Waals surface area contributed by atoms with E-state index in [1.165, 1.54) is 12.1 Å². The van der Waals surface area contributed by atoms with Crippen LogP contribution in [-0.4, -0.2) is 81.6 Å². The summed E-state index contributed by atoms with van der Waals surface area (Å²) in [6.45, 7) is 4.40. The van der Waals surface area contributed by atoms with Crippen molar-refractivity contribution in [1.82, 2.24) is 19.4 Å². The minimum Gasteiger partial charge on any atom is -0.478 e. The first-order valence-electron chi connectivity index (χ1n) is 14.5. The molecule has 0 unspecified atom stereocenters. The summed E-state index contributed by atoms with van der Waals surface area (Å²) in [5, 5.41) is 10.3. The van der Waals surface area contributed by atoms with Crippen LogP contribution in [0.1, 0.15) is 28.2 Å². The number of carboxylic acid groups (broad SMARTS) is 1. The largest absolute Gasteiger partial charge is 0.478 e. The Morgan fingerprint density at radius 1 is 1.09 bits per heavy atom. The minimum absolute atomic E-state index is 0.0350. The Morgan fingerprint density at radius 2 is 1.93 bits per heavy atom. The van der Waals surface area contributed by atoms with Gasteiger partial charge in [-0.05, 0) is 36.8 Å². The first-order valence-corrected chi connectivity index (χ1v) is 15.3. The Labute approximate surface area is 262 Å². The molecule has 1 N–H and O–H groups in total. The molecule has 0 saturated carbocycles. The number of aromatic carboxylic acids is 1. The summed E-state index contributed by atoms with van der Waals surface area (Å²) in [7, 11) is 0. The standard InChI is InChI=1S/C31H30Cl2FN5O5/c32-20-5-4-18(23(34)12-20)15-44-29-3-1-2-27(35-29)38-8-7-37(25-16-42-17-26(25)38)14-28-36-30-22(33)10-19(31(40)41)11-24(30)39(28)13-21-6-9-43-21/h1-5,10-12,21,25-26H,6-9,13-17H2,(H,40,41)/t21-,25-,26+/m0/s1. The van der Waals surface area contributed by atoms with Gasteiger partial charge in [-0.15, -0.1) is 0 Å². The number of imidazole rings is 1. The Morgan fingerprint density at radius 3 is 2.70 bits per heavy atom. The fourth-order valence-electron chi connectivity index (χ4n) is 6.15. The summed E-state index contributed by atoms with van der Waals surface area (Å²) in [5.74, 6) is 0.516. The molecule has 5 heterocycles. The first-order chi connectivity index (χ1) is 21.3. The lowest BCUT2D eigenvalue weighted by Gasteiger charge is -2.44. The molecular formula is C31H30Cl2FN5O5. The van der Waals surface area contributed by atoms with Crippen LogP contribution >= 0.6 is 23.2 Å². The monoisotopic (exact) mass is 641 g/mol. The van der Waals surface area contributed by atoms with Crippen molar-refractivity contribution in [3.05, 3.63) is 81.3 Å². The maximum absolute atomic E-state index is 14.2. The van der Waals surface area contributed by atoms with Gasteiger partial charge in [0.1, 0.15) is 29.6 Å². The molecule has 3 aliphatic heterocycles. The lowest BCUT2D eigenvalue weighted by Crippen LogP contribution is -2.59. The van der Waals surface area contributed by atoms with Crippen LogP contribution < -0.4 is 9.64 Å². The fourth-order valence-corrected chi connectivity index (χ4v) is 6.57. The highest BCUT2D eigenvalue weighted by molar-refractivity contribution is 6.35. The third-order valence-electron chi connectivity index (χ3n) is 8.57. The Hall–Kier alpha value is -3.48. The van der Waals surface area contributed by atoms with Crippen molar-refractivity contribution >= 4 is 46.0 Å². The van der Waals surface area contributed by atoms with Gasteiger partial charge in [0, 0.05) is 36.3 Å². The van der Waals surface area contributed by atoms with Crippen LogP contribution in [0.15, 0.2) is 48.5 Å². The highest BCUT2D eigenvalue weighted by atomic mass is 35.5. The van der Waals surface area contributed by atoms with E-state index in [1.54, 1.807) is 24.3 Å². The SMILES string of the molecule is O=C(O)c1cc(Cl)c2nc(CN3CCN(c4cccc(OCc5ccc(Cl)cc5F)n4)[C@@H]4COC[C@@H]43)n(C[C@@H]3CCO3)c2c1. The molecule has 13 heteroatoms. The van der Waals surface area contributed by atoms with Gasteiger partial charge < -0.3 is 28.8 Å². The number of hydrogen-bond acceptors (Lipinski definition) is 8. The highest BCUT2D eigenvalue weighted by Crippen LogP contribution is 2.32. The zero-order valence-corrected chi connectivity index (χ0v) is 25.2. The number of ether oxygens (including phenoxy) is 3. The van der Waals surface area contributed by atoms with Gasteiger partial charge in [0.15, 0.2) is 0 Å². The van der Waals surface area contributed by atoms with Gasteiger partial charge in [-0.2, -0.15) is 4.98 Å². The maximum Gasteiger partial charge on any atom is 0.335 e. The fraction of sp³-hybridized carbons (Fsp3) is 0.387. The normalized spacial score (nSPS) is 21.8. The number of fused-ring (bicyclic) bond motifs is 2. The summed E-state index contributed by atoms with van der Waals surface area (Å²) in [4.78, 5) is 26.0. The molecule has 3 atom stereocenters. The maximum atomic E-state index is 14.2. The predicted octanol–water partition coefficient (Wildman–Crippen LogP) is 5.03. The molecule has 3 aliphatic rings. The van der Waals surface area contributed by atoms with Gasteiger partial charge in [0.2, 0.25) is 5.88 Å². The summed E-state index contributed by atoms with van der Waals surface area (Å²) in [6.07, 6.45) is 0.988. The molecule has 10 nitrogen and oxygen atoms in total. The van der Waals surface area contributed by atoms with E-state index in [4.69, 9.17) is 47.4 Å². The van der Waals surface area contributed by atoms with Crippen LogP contribution in [0.5, 0.6) is 5.88 Å². The molecule has 230 valence electrons. The van der Waals surface area contributed by atoms with Crippen LogP contribution in [0.3, 0.4) is 0 Å². The van der Waals surface area contributed by atoms with E-state index in [9.17, 15) is 14.3 Å².